The highest BCUT2D eigenvalue weighted by molar-refractivity contribution is 6.33. The lowest BCUT2D eigenvalue weighted by atomic mass is 10.0. The summed E-state index contributed by atoms with van der Waals surface area (Å²) in [6.45, 7) is 0.718. The van der Waals surface area contributed by atoms with Crippen molar-refractivity contribution < 1.29 is 4.79 Å². The van der Waals surface area contributed by atoms with Gasteiger partial charge in [0.05, 0.1) is 16.3 Å². The van der Waals surface area contributed by atoms with E-state index in [-0.39, 0.29) is 5.91 Å². The highest BCUT2D eigenvalue weighted by Gasteiger charge is 2.16. The van der Waals surface area contributed by atoms with Gasteiger partial charge in [-0.25, -0.2) is 0 Å². The quantitative estimate of drug-likeness (QED) is 0.822. The number of hydrogen-bond acceptors (Lipinski definition) is 2. The normalized spacial score (nSPS) is 15.8. The molecule has 1 aromatic rings. The van der Waals surface area contributed by atoms with E-state index in [0.29, 0.717) is 16.3 Å². The molecule has 0 radical (unpaired) electrons. The molecule has 0 aliphatic heterocycles. The molecule has 3 nitrogen and oxygen atoms in total. The second kappa shape index (κ2) is 6.10. The molecule has 1 amide bonds. The molecule has 1 aliphatic rings. The zero-order valence-corrected chi connectivity index (χ0v) is 11.2. The topological polar surface area (TPSA) is 55.1 Å². The van der Waals surface area contributed by atoms with Crippen molar-refractivity contribution in [3.63, 3.8) is 0 Å². The third kappa shape index (κ3) is 3.16. The molecule has 98 valence electrons. The van der Waals surface area contributed by atoms with Gasteiger partial charge in [0.25, 0.3) is 5.91 Å². The van der Waals surface area contributed by atoms with E-state index in [1.807, 2.05) is 0 Å². The van der Waals surface area contributed by atoms with Crippen molar-refractivity contribution in [3.05, 3.63) is 28.8 Å². The molecule has 0 unspecified atom stereocenters. The predicted octanol–water partition coefficient (Wildman–Crippen LogP) is 3.23. The fourth-order valence-electron chi connectivity index (χ4n) is 2.52. The first-order valence-electron chi connectivity index (χ1n) is 6.50. The first-order valence-corrected chi connectivity index (χ1v) is 6.88. The zero-order valence-electron chi connectivity index (χ0n) is 10.4. The number of hydrogen-bond donors (Lipinski definition) is 2. The van der Waals surface area contributed by atoms with Crippen molar-refractivity contribution in [3.8, 4) is 0 Å². The first kappa shape index (κ1) is 13.2. The van der Waals surface area contributed by atoms with E-state index in [0.717, 1.165) is 18.9 Å². The van der Waals surface area contributed by atoms with E-state index in [4.69, 9.17) is 17.3 Å². The van der Waals surface area contributed by atoms with Gasteiger partial charge < -0.3 is 11.1 Å². The number of nitrogen functional groups attached to an aromatic ring is 1. The Morgan fingerprint density at radius 2 is 2.11 bits per heavy atom. The fraction of sp³-hybridized carbons (Fsp3) is 0.500. The molecule has 0 atom stereocenters. The van der Waals surface area contributed by atoms with Gasteiger partial charge in [0.1, 0.15) is 0 Å². The summed E-state index contributed by atoms with van der Waals surface area (Å²) >= 11 is 5.89. The van der Waals surface area contributed by atoms with Gasteiger partial charge in [-0.15, -0.1) is 0 Å². The summed E-state index contributed by atoms with van der Waals surface area (Å²) in [6, 6.07) is 5.13. The molecular weight excluding hydrogens is 248 g/mol. The molecule has 4 heteroatoms. The molecule has 2 rings (SSSR count). The minimum Gasteiger partial charge on any atom is -0.397 e. The number of rotatable bonds is 4. The average molecular weight is 267 g/mol. The molecule has 0 aromatic heterocycles. The van der Waals surface area contributed by atoms with Crippen LogP contribution in [0.15, 0.2) is 18.2 Å². The maximum absolute atomic E-state index is 11.9. The summed E-state index contributed by atoms with van der Waals surface area (Å²) in [6.07, 6.45) is 6.33. The molecule has 1 aromatic carbocycles. The monoisotopic (exact) mass is 266 g/mol. The smallest absolute Gasteiger partial charge is 0.253 e. The van der Waals surface area contributed by atoms with Crippen LogP contribution in [0.4, 0.5) is 5.69 Å². The Labute approximate surface area is 113 Å². The highest BCUT2D eigenvalue weighted by atomic mass is 35.5. The second-order valence-electron chi connectivity index (χ2n) is 4.90. The molecule has 3 N–H and O–H groups in total. The number of para-hydroxylation sites is 1. The number of benzene rings is 1. The molecule has 0 saturated heterocycles. The number of carbonyl (C=O) groups excluding carboxylic acids is 1. The predicted molar refractivity (Wildman–Crippen MR) is 74.8 cm³/mol. The van der Waals surface area contributed by atoms with Crippen LogP contribution in [-0.4, -0.2) is 12.5 Å². The van der Waals surface area contributed by atoms with Gasteiger partial charge in [0.2, 0.25) is 0 Å². The Bertz CT molecular complexity index is 428. The van der Waals surface area contributed by atoms with Gasteiger partial charge in [-0.2, -0.15) is 0 Å². The average Bonchev–Trinajstić information content (AvgIpc) is 2.85. The highest BCUT2D eigenvalue weighted by Crippen LogP contribution is 2.27. The Kier molecular flexibility index (Phi) is 4.48. The Morgan fingerprint density at radius 3 is 2.83 bits per heavy atom. The fourth-order valence-corrected chi connectivity index (χ4v) is 2.69. The van der Waals surface area contributed by atoms with Crippen LogP contribution in [-0.2, 0) is 0 Å². The van der Waals surface area contributed by atoms with Crippen LogP contribution in [0.5, 0.6) is 0 Å². The third-order valence-corrected chi connectivity index (χ3v) is 3.94. The van der Waals surface area contributed by atoms with Gasteiger partial charge in [-0.3, -0.25) is 4.79 Å². The number of halogens is 1. The molecular formula is C14H19ClN2O. The number of carbonyl (C=O) groups is 1. The molecule has 0 bridgehead atoms. The third-order valence-electron chi connectivity index (χ3n) is 3.61. The lowest BCUT2D eigenvalue weighted by molar-refractivity contribution is 0.0952. The summed E-state index contributed by atoms with van der Waals surface area (Å²) in [5.41, 5.74) is 6.61. The van der Waals surface area contributed by atoms with E-state index >= 15 is 0 Å². The van der Waals surface area contributed by atoms with E-state index in [1.165, 1.54) is 25.7 Å². The summed E-state index contributed by atoms with van der Waals surface area (Å²) < 4.78 is 0. The van der Waals surface area contributed by atoms with Crippen LogP contribution in [0.2, 0.25) is 5.02 Å². The van der Waals surface area contributed by atoms with Crippen molar-refractivity contribution in [1.29, 1.82) is 0 Å². The van der Waals surface area contributed by atoms with Gasteiger partial charge in [-0.05, 0) is 24.5 Å². The first-order chi connectivity index (χ1) is 8.68. The van der Waals surface area contributed by atoms with Crippen LogP contribution in [0.25, 0.3) is 0 Å². The van der Waals surface area contributed by atoms with Gasteiger partial charge in [0, 0.05) is 6.54 Å². The minimum absolute atomic E-state index is 0.131. The Morgan fingerprint density at radius 1 is 1.39 bits per heavy atom. The summed E-state index contributed by atoms with van der Waals surface area (Å²) in [5.74, 6) is 0.648. The van der Waals surface area contributed by atoms with E-state index in [2.05, 4.69) is 5.32 Å². The van der Waals surface area contributed by atoms with Crippen LogP contribution >= 0.6 is 11.6 Å². The molecule has 18 heavy (non-hydrogen) atoms. The van der Waals surface area contributed by atoms with Crippen LogP contribution in [0.3, 0.4) is 0 Å². The van der Waals surface area contributed by atoms with Crippen molar-refractivity contribution in [1.82, 2.24) is 5.32 Å². The number of amides is 1. The minimum atomic E-state index is -0.131. The lowest BCUT2D eigenvalue weighted by Gasteiger charge is -2.11. The van der Waals surface area contributed by atoms with E-state index < -0.39 is 0 Å². The summed E-state index contributed by atoms with van der Waals surface area (Å²) in [5, 5.41) is 3.35. The van der Waals surface area contributed by atoms with Crippen LogP contribution < -0.4 is 11.1 Å². The number of nitrogens with two attached hydrogens (primary N) is 1. The summed E-state index contributed by atoms with van der Waals surface area (Å²) in [7, 11) is 0. The number of anilines is 1. The molecule has 0 spiro atoms. The Hall–Kier alpha value is -1.22. The van der Waals surface area contributed by atoms with Crippen LogP contribution in [0, 0.1) is 5.92 Å². The lowest BCUT2D eigenvalue weighted by Crippen LogP contribution is -2.26. The second-order valence-corrected chi connectivity index (χ2v) is 5.30. The molecule has 1 saturated carbocycles. The van der Waals surface area contributed by atoms with Crippen molar-refractivity contribution >= 4 is 23.2 Å². The molecule has 1 fully saturated rings. The largest absolute Gasteiger partial charge is 0.397 e. The number of nitrogens with one attached hydrogen (secondary N) is 1. The van der Waals surface area contributed by atoms with Crippen molar-refractivity contribution in [2.45, 2.75) is 32.1 Å². The zero-order chi connectivity index (χ0) is 13.0. The van der Waals surface area contributed by atoms with Gasteiger partial charge in [0.15, 0.2) is 0 Å². The molecule has 1 aliphatic carbocycles. The standard InChI is InChI=1S/C14H19ClN2O/c15-12-7-3-6-11(13(12)16)14(18)17-9-8-10-4-1-2-5-10/h3,6-7,10H,1-2,4-5,8-9,16H2,(H,17,18). The van der Waals surface area contributed by atoms with Crippen LogP contribution in [0.1, 0.15) is 42.5 Å². The van der Waals surface area contributed by atoms with Gasteiger partial charge in [-0.1, -0.05) is 43.4 Å². The SMILES string of the molecule is Nc1c(Cl)cccc1C(=O)NCCC1CCCC1. The maximum atomic E-state index is 11.9. The maximum Gasteiger partial charge on any atom is 0.253 e. The van der Waals surface area contributed by atoms with E-state index in [9.17, 15) is 4.79 Å². The Balaban J connectivity index is 1.85. The van der Waals surface area contributed by atoms with Crippen molar-refractivity contribution in [2.24, 2.45) is 5.92 Å². The molecule has 0 heterocycles. The van der Waals surface area contributed by atoms with Crippen molar-refractivity contribution in [2.75, 3.05) is 12.3 Å². The summed E-state index contributed by atoms with van der Waals surface area (Å²) in [4.78, 5) is 11.9. The van der Waals surface area contributed by atoms with E-state index in [1.54, 1.807) is 18.2 Å². The van der Waals surface area contributed by atoms with Gasteiger partial charge >= 0.3 is 0 Å².